The van der Waals surface area contributed by atoms with Gasteiger partial charge in [0.2, 0.25) is 0 Å². The van der Waals surface area contributed by atoms with Gasteiger partial charge in [0.25, 0.3) is 5.56 Å². The summed E-state index contributed by atoms with van der Waals surface area (Å²) in [6, 6.07) is 7.65. The summed E-state index contributed by atoms with van der Waals surface area (Å²) >= 11 is 0. The van der Waals surface area contributed by atoms with Crippen LogP contribution in [-0.4, -0.2) is 26.7 Å². The molecule has 1 aliphatic rings. The van der Waals surface area contributed by atoms with Crippen LogP contribution in [0, 0.1) is 10.1 Å². The molecule has 0 saturated heterocycles. The zero-order chi connectivity index (χ0) is 17.3. The Morgan fingerprint density at radius 2 is 1.92 bits per heavy atom. The number of benzene rings is 1. The van der Waals surface area contributed by atoms with Crippen LogP contribution in [0.3, 0.4) is 0 Å². The number of nitrogens with one attached hydrogen (secondary N) is 1. The number of rotatable bonds is 4. The van der Waals surface area contributed by atoms with Crippen molar-refractivity contribution in [2.75, 3.05) is 0 Å². The van der Waals surface area contributed by atoms with Gasteiger partial charge in [0.1, 0.15) is 11.7 Å². The van der Waals surface area contributed by atoms with E-state index in [2.05, 4.69) is 4.89 Å². The summed E-state index contributed by atoms with van der Waals surface area (Å²) in [6.07, 6.45) is -0.210. The minimum atomic E-state index is -1.36. The highest BCUT2D eigenvalue weighted by atomic mass is 17.2. The summed E-state index contributed by atoms with van der Waals surface area (Å²) in [6.45, 7) is 0. The lowest BCUT2D eigenvalue weighted by Gasteiger charge is -2.07. The minimum Gasteiger partial charge on any atom is -0.358 e. The van der Waals surface area contributed by atoms with Crippen molar-refractivity contribution in [3.05, 3.63) is 61.3 Å². The third kappa shape index (κ3) is 2.94. The third-order valence-corrected chi connectivity index (χ3v) is 3.29. The molecule has 0 aliphatic heterocycles. The number of carbonyl (C=O) groups is 1. The molecular weight excluding hydrogens is 322 g/mol. The lowest BCUT2D eigenvalue weighted by atomic mass is 10.1. The molecule has 0 amide bonds. The van der Waals surface area contributed by atoms with E-state index in [4.69, 9.17) is 4.89 Å². The van der Waals surface area contributed by atoms with Gasteiger partial charge in [-0.2, -0.15) is 9.87 Å². The van der Waals surface area contributed by atoms with E-state index in [1.165, 1.54) is 12.1 Å². The molecule has 10 heteroatoms. The van der Waals surface area contributed by atoms with Gasteiger partial charge in [0.15, 0.2) is 0 Å². The molecule has 10 nitrogen and oxygen atoms in total. The Bertz CT molecular complexity index is 912. The Morgan fingerprint density at radius 1 is 1.25 bits per heavy atom. The average Bonchev–Trinajstić information content (AvgIpc) is 3.37. The molecule has 0 spiro atoms. The van der Waals surface area contributed by atoms with Crippen LogP contribution in [0.15, 0.2) is 39.9 Å². The highest BCUT2D eigenvalue weighted by Gasteiger charge is 2.30. The van der Waals surface area contributed by atoms with Crippen LogP contribution < -0.4 is 11.2 Å². The summed E-state index contributed by atoms with van der Waals surface area (Å²) < 4.78 is 0.123. The molecule has 2 aromatic rings. The third-order valence-electron chi connectivity index (χ3n) is 3.29. The molecule has 124 valence electrons. The average molecular weight is 333 g/mol. The normalized spacial score (nSPS) is 13.5. The van der Waals surface area contributed by atoms with Gasteiger partial charge in [-0.05, 0) is 23.3 Å². The molecule has 1 saturated carbocycles. The van der Waals surface area contributed by atoms with Gasteiger partial charge < -0.3 is 10.1 Å². The lowest BCUT2D eigenvalue weighted by molar-refractivity contribution is -0.389. The monoisotopic (exact) mass is 333 g/mol. The number of nitrogens with zero attached hydrogens (tertiary/aromatic N) is 2. The van der Waals surface area contributed by atoms with Gasteiger partial charge in [-0.3, -0.25) is 9.68 Å². The van der Waals surface area contributed by atoms with Crippen LogP contribution in [-0.2, 0) is 9.78 Å². The van der Waals surface area contributed by atoms with E-state index in [0.717, 1.165) is 0 Å². The van der Waals surface area contributed by atoms with Crippen molar-refractivity contribution >= 4 is 11.9 Å². The standard InChI is InChI=1S/C14H11N3O7/c18-12-10(8-4-2-1-3-5-8)11(17(21)22)15-13(19)16(12)14(20)24-23-9-6-7-9/h1-5,9H,6-7H2,(H,15,19). The molecule has 0 radical (unpaired) electrons. The molecule has 1 fully saturated rings. The molecule has 0 bridgehead atoms. The minimum absolute atomic E-state index is 0.123. The number of carbonyl (C=O) groups excluding carboxylic acids is 1. The summed E-state index contributed by atoms with van der Waals surface area (Å²) in [5, 5.41) is 11.2. The van der Waals surface area contributed by atoms with Gasteiger partial charge in [-0.15, -0.1) is 4.57 Å². The first-order valence-electron chi connectivity index (χ1n) is 6.96. The fraction of sp³-hybridized carbons (Fsp3) is 0.214. The van der Waals surface area contributed by atoms with E-state index in [1.54, 1.807) is 18.2 Å². The molecule has 1 aromatic heterocycles. The van der Waals surface area contributed by atoms with Crippen LogP contribution >= 0.6 is 0 Å². The Labute approximate surface area is 133 Å². The molecule has 1 aromatic carbocycles. The SMILES string of the molecule is O=C(OOC1CC1)n1c(=O)[nH]c([N+](=O)[O-])c(-c2ccccc2)c1=O. The molecular formula is C14H11N3O7. The predicted molar refractivity (Wildman–Crippen MR) is 79.4 cm³/mol. The van der Waals surface area contributed by atoms with Crippen molar-refractivity contribution in [1.29, 1.82) is 0 Å². The second-order valence-electron chi connectivity index (χ2n) is 5.06. The van der Waals surface area contributed by atoms with Gasteiger partial charge >= 0.3 is 17.6 Å². The van der Waals surface area contributed by atoms with E-state index < -0.39 is 33.6 Å². The van der Waals surface area contributed by atoms with Gasteiger partial charge in [-0.1, -0.05) is 30.3 Å². The van der Waals surface area contributed by atoms with Gasteiger partial charge in [0, 0.05) is 0 Å². The Balaban J connectivity index is 2.14. The maximum Gasteiger partial charge on any atom is 0.458 e. The molecule has 24 heavy (non-hydrogen) atoms. The summed E-state index contributed by atoms with van der Waals surface area (Å²) in [4.78, 5) is 57.6. The second kappa shape index (κ2) is 6.08. The largest absolute Gasteiger partial charge is 0.458 e. The van der Waals surface area contributed by atoms with Crippen molar-refractivity contribution in [3.8, 4) is 11.1 Å². The fourth-order valence-electron chi connectivity index (χ4n) is 2.00. The Hall–Kier alpha value is -3.27. The van der Waals surface area contributed by atoms with E-state index in [-0.39, 0.29) is 16.2 Å². The van der Waals surface area contributed by atoms with Crippen LogP contribution in [0.25, 0.3) is 11.1 Å². The van der Waals surface area contributed by atoms with Crippen LogP contribution in [0.5, 0.6) is 0 Å². The molecule has 0 unspecified atom stereocenters. The molecule has 1 heterocycles. The first-order chi connectivity index (χ1) is 11.5. The van der Waals surface area contributed by atoms with Gasteiger partial charge in [-0.25, -0.2) is 9.59 Å². The summed E-state index contributed by atoms with van der Waals surface area (Å²) in [5.41, 5.74) is -2.70. The Morgan fingerprint density at radius 3 is 2.50 bits per heavy atom. The van der Waals surface area contributed by atoms with Crippen LogP contribution in [0.2, 0.25) is 0 Å². The maximum atomic E-state index is 12.5. The number of H-pyrrole nitrogens is 1. The Kier molecular flexibility index (Phi) is 3.96. The lowest BCUT2D eigenvalue weighted by Crippen LogP contribution is -2.41. The van der Waals surface area contributed by atoms with E-state index >= 15 is 0 Å². The topological polar surface area (TPSA) is 134 Å². The highest BCUT2D eigenvalue weighted by Crippen LogP contribution is 2.24. The molecule has 1 N–H and O–H groups in total. The summed E-state index contributed by atoms with van der Waals surface area (Å²) in [5.74, 6) is -0.802. The number of nitro groups is 1. The zero-order valence-corrected chi connectivity index (χ0v) is 12.1. The van der Waals surface area contributed by atoms with Crippen LogP contribution in [0.4, 0.5) is 10.6 Å². The van der Waals surface area contributed by atoms with Gasteiger partial charge in [0.05, 0.1) is 0 Å². The second-order valence-corrected chi connectivity index (χ2v) is 5.06. The molecule has 1 aliphatic carbocycles. The quantitative estimate of drug-likeness (QED) is 0.504. The number of hydrogen-bond donors (Lipinski definition) is 1. The van der Waals surface area contributed by atoms with Crippen molar-refractivity contribution < 1.29 is 19.5 Å². The van der Waals surface area contributed by atoms with Crippen molar-refractivity contribution in [3.63, 3.8) is 0 Å². The smallest absolute Gasteiger partial charge is 0.358 e. The van der Waals surface area contributed by atoms with Crippen molar-refractivity contribution in [1.82, 2.24) is 9.55 Å². The maximum absolute atomic E-state index is 12.5. The van der Waals surface area contributed by atoms with Crippen molar-refractivity contribution in [2.24, 2.45) is 0 Å². The molecule has 3 rings (SSSR count). The fourth-order valence-corrected chi connectivity index (χ4v) is 2.00. The first-order valence-corrected chi connectivity index (χ1v) is 6.96. The first kappa shape index (κ1) is 15.6. The van der Waals surface area contributed by atoms with E-state index in [9.17, 15) is 24.5 Å². The molecule has 0 atom stereocenters. The predicted octanol–water partition coefficient (Wildman–Crippen LogP) is 1.19. The number of hydrogen-bond acceptors (Lipinski definition) is 7. The van der Waals surface area contributed by atoms with E-state index in [1.807, 2.05) is 4.98 Å². The van der Waals surface area contributed by atoms with E-state index in [0.29, 0.717) is 12.8 Å². The highest BCUT2D eigenvalue weighted by molar-refractivity contribution is 5.75. The van der Waals surface area contributed by atoms with Crippen molar-refractivity contribution in [2.45, 2.75) is 18.9 Å². The number of aromatic nitrogens is 2. The zero-order valence-electron chi connectivity index (χ0n) is 12.1. The summed E-state index contributed by atoms with van der Waals surface area (Å²) in [7, 11) is 0. The van der Waals surface area contributed by atoms with Crippen LogP contribution in [0.1, 0.15) is 12.8 Å². The number of aromatic amines is 1.